The van der Waals surface area contributed by atoms with Gasteiger partial charge in [0, 0.05) is 27.8 Å². The standard InChI is InChI=1S/C30H26N2O2/c1-30(34-20-33,23-15-9-4-10-16-23)28(22-13-7-3-8-14-22)29-27(21-11-5-2-6-12-21)25-19-24(31)17-18-26(25)32-29/h2-20,28,32H,31H2,1H3. The van der Waals surface area contributed by atoms with Crippen molar-refractivity contribution in [1.29, 1.82) is 0 Å². The minimum Gasteiger partial charge on any atom is -0.456 e. The fourth-order valence-electron chi connectivity index (χ4n) is 4.94. The molecule has 0 spiro atoms. The van der Waals surface area contributed by atoms with Crippen LogP contribution in [0.25, 0.3) is 22.0 Å². The Morgan fingerprint density at radius 3 is 2.12 bits per heavy atom. The summed E-state index contributed by atoms with van der Waals surface area (Å²) in [6, 6.07) is 36.2. The first kappa shape index (κ1) is 21.5. The van der Waals surface area contributed by atoms with E-state index in [1.807, 2.05) is 91.9 Å². The first-order chi connectivity index (χ1) is 16.6. The number of nitrogen functional groups attached to an aromatic ring is 1. The number of anilines is 1. The summed E-state index contributed by atoms with van der Waals surface area (Å²) in [7, 11) is 0. The Hall–Kier alpha value is -4.31. The normalized spacial score (nSPS) is 13.8. The molecular formula is C30H26N2O2. The average Bonchev–Trinajstić information content (AvgIpc) is 3.24. The molecule has 0 radical (unpaired) electrons. The van der Waals surface area contributed by atoms with E-state index in [0.29, 0.717) is 12.2 Å². The van der Waals surface area contributed by atoms with Crippen molar-refractivity contribution in [3.8, 4) is 11.1 Å². The second kappa shape index (κ2) is 8.91. The van der Waals surface area contributed by atoms with Crippen LogP contribution in [0, 0.1) is 0 Å². The maximum absolute atomic E-state index is 11.9. The second-order valence-electron chi connectivity index (χ2n) is 8.62. The zero-order valence-corrected chi connectivity index (χ0v) is 18.9. The summed E-state index contributed by atoms with van der Waals surface area (Å²) >= 11 is 0. The Morgan fingerprint density at radius 2 is 1.47 bits per heavy atom. The summed E-state index contributed by atoms with van der Waals surface area (Å²) in [5, 5.41) is 1.03. The molecule has 0 saturated carbocycles. The SMILES string of the molecule is CC(OC=O)(c1ccccc1)C(c1ccccc1)c1[nH]c2ccc(N)cc2c1-c1ccccc1. The number of ether oxygens (including phenoxy) is 1. The van der Waals surface area contributed by atoms with Crippen molar-refractivity contribution in [1.82, 2.24) is 4.98 Å². The third-order valence-electron chi connectivity index (χ3n) is 6.53. The number of carbonyl (C=O) groups is 1. The van der Waals surface area contributed by atoms with Crippen molar-refractivity contribution in [3.05, 3.63) is 126 Å². The van der Waals surface area contributed by atoms with Gasteiger partial charge in [-0.05, 0) is 41.8 Å². The highest BCUT2D eigenvalue weighted by atomic mass is 16.5. The number of benzene rings is 4. The van der Waals surface area contributed by atoms with E-state index in [9.17, 15) is 4.79 Å². The van der Waals surface area contributed by atoms with E-state index in [2.05, 4.69) is 29.2 Å². The maximum Gasteiger partial charge on any atom is 0.293 e. The maximum atomic E-state index is 11.9. The lowest BCUT2D eigenvalue weighted by molar-refractivity contribution is -0.144. The van der Waals surface area contributed by atoms with E-state index in [0.717, 1.165) is 38.9 Å². The second-order valence-corrected chi connectivity index (χ2v) is 8.62. The van der Waals surface area contributed by atoms with Crippen LogP contribution < -0.4 is 5.73 Å². The van der Waals surface area contributed by atoms with Crippen LogP contribution in [0.3, 0.4) is 0 Å². The molecule has 34 heavy (non-hydrogen) atoms. The van der Waals surface area contributed by atoms with E-state index in [1.165, 1.54) is 0 Å². The van der Waals surface area contributed by atoms with E-state index >= 15 is 0 Å². The quantitative estimate of drug-likeness (QED) is 0.218. The molecule has 0 aliphatic carbocycles. The van der Waals surface area contributed by atoms with E-state index < -0.39 is 5.60 Å². The van der Waals surface area contributed by atoms with Crippen molar-refractivity contribution in [2.45, 2.75) is 18.4 Å². The van der Waals surface area contributed by atoms with Crippen LogP contribution >= 0.6 is 0 Å². The number of hydrogen-bond donors (Lipinski definition) is 2. The smallest absolute Gasteiger partial charge is 0.293 e. The zero-order valence-electron chi connectivity index (χ0n) is 18.9. The third kappa shape index (κ3) is 3.73. The molecule has 168 valence electrons. The largest absolute Gasteiger partial charge is 0.456 e. The summed E-state index contributed by atoms with van der Waals surface area (Å²) in [5.41, 5.74) is 11.9. The van der Waals surface area contributed by atoms with Crippen molar-refractivity contribution in [2.24, 2.45) is 0 Å². The minimum absolute atomic E-state index is 0.315. The molecule has 4 nitrogen and oxygen atoms in total. The summed E-state index contributed by atoms with van der Waals surface area (Å²) < 4.78 is 5.97. The molecule has 4 aromatic carbocycles. The summed E-state index contributed by atoms with van der Waals surface area (Å²) in [6.45, 7) is 2.52. The first-order valence-corrected chi connectivity index (χ1v) is 11.3. The molecule has 2 unspecified atom stereocenters. The van der Waals surface area contributed by atoms with Crippen molar-refractivity contribution in [3.63, 3.8) is 0 Å². The van der Waals surface area contributed by atoms with Crippen LogP contribution in [0.5, 0.6) is 0 Å². The van der Waals surface area contributed by atoms with Gasteiger partial charge in [0.25, 0.3) is 6.47 Å². The van der Waals surface area contributed by atoms with Gasteiger partial charge in [-0.25, -0.2) is 0 Å². The Bertz CT molecular complexity index is 1410. The van der Waals surface area contributed by atoms with Crippen LogP contribution in [-0.4, -0.2) is 11.5 Å². The molecule has 1 aromatic heterocycles. The molecule has 0 saturated heterocycles. The highest BCUT2D eigenvalue weighted by Crippen LogP contribution is 2.48. The van der Waals surface area contributed by atoms with E-state index in [4.69, 9.17) is 10.5 Å². The molecule has 0 fully saturated rings. The number of carbonyl (C=O) groups excluding carboxylic acids is 1. The number of nitrogens with two attached hydrogens (primary N) is 1. The minimum atomic E-state index is -0.972. The molecule has 3 N–H and O–H groups in total. The molecule has 0 aliphatic rings. The van der Waals surface area contributed by atoms with Crippen molar-refractivity contribution in [2.75, 3.05) is 5.73 Å². The van der Waals surface area contributed by atoms with Gasteiger partial charge in [-0.1, -0.05) is 91.0 Å². The lowest BCUT2D eigenvalue weighted by Crippen LogP contribution is -2.34. The number of H-pyrrole nitrogens is 1. The highest BCUT2D eigenvalue weighted by molar-refractivity contribution is 5.99. The van der Waals surface area contributed by atoms with Crippen molar-refractivity contribution < 1.29 is 9.53 Å². The average molecular weight is 447 g/mol. The van der Waals surface area contributed by atoms with E-state index in [-0.39, 0.29) is 5.92 Å². The van der Waals surface area contributed by atoms with Gasteiger partial charge < -0.3 is 15.5 Å². The molecule has 4 heteroatoms. The van der Waals surface area contributed by atoms with Gasteiger partial charge in [0.15, 0.2) is 0 Å². The molecule has 2 atom stereocenters. The number of fused-ring (bicyclic) bond motifs is 1. The van der Waals surface area contributed by atoms with Crippen LogP contribution in [-0.2, 0) is 15.1 Å². The predicted molar refractivity (Wildman–Crippen MR) is 137 cm³/mol. The van der Waals surface area contributed by atoms with E-state index in [1.54, 1.807) is 0 Å². The molecule has 5 rings (SSSR count). The lowest BCUT2D eigenvalue weighted by atomic mass is 9.75. The van der Waals surface area contributed by atoms with Crippen LogP contribution in [0.2, 0.25) is 0 Å². The predicted octanol–water partition coefficient (Wildman–Crippen LogP) is 6.64. The number of nitrogens with one attached hydrogen (secondary N) is 1. The first-order valence-electron chi connectivity index (χ1n) is 11.3. The van der Waals surface area contributed by atoms with Crippen LogP contribution in [0.1, 0.15) is 29.7 Å². The van der Waals surface area contributed by atoms with Gasteiger partial charge in [0.05, 0.1) is 5.92 Å². The van der Waals surface area contributed by atoms with Crippen LogP contribution in [0.15, 0.2) is 109 Å². The molecular weight excluding hydrogens is 420 g/mol. The summed E-state index contributed by atoms with van der Waals surface area (Å²) in [5.74, 6) is -0.315. The Balaban J connectivity index is 1.87. The van der Waals surface area contributed by atoms with Gasteiger partial charge in [-0.2, -0.15) is 0 Å². The molecule has 0 amide bonds. The lowest BCUT2D eigenvalue weighted by Gasteiger charge is -2.37. The van der Waals surface area contributed by atoms with Gasteiger partial charge in [-0.3, -0.25) is 4.79 Å². The Labute approximate surface area is 199 Å². The number of aromatic nitrogens is 1. The van der Waals surface area contributed by atoms with Gasteiger partial charge in [0.1, 0.15) is 5.60 Å². The summed E-state index contributed by atoms with van der Waals surface area (Å²) in [6.07, 6.45) is 0. The van der Waals surface area contributed by atoms with Gasteiger partial charge in [0.2, 0.25) is 0 Å². The highest BCUT2D eigenvalue weighted by Gasteiger charge is 2.42. The van der Waals surface area contributed by atoms with Gasteiger partial charge in [-0.15, -0.1) is 0 Å². The monoisotopic (exact) mass is 446 g/mol. The number of hydrogen-bond acceptors (Lipinski definition) is 3. The fraction of sp³-hybridized carbons (Fsp3) is 0.100. The molecule has 0 bridgehead atoms. The third-order valence-corrected chi connectivity index (χ3v) is 6.53. The van der Waals surface area contributed by atoms with Crippen LogP contribution in [0.4, 0.5) is 5.69 Å². The molecule has 5 aromatic rings. The van der Waals surface area contributed by atoms with Crippen molar-refractivity contribution >= 4 is 23.1 Å². The van der Waals surface area contributed by atoms with Gasteiger partial charge >= 0.3 is 0 Å². The summed E-state index contributed by atoms with van der Waals surface area (Å²) in [4.78, 5) is 15.6. The zero-order chi connectivity index (χ0) is 23.5. The fourth-order valence-corrected chi connectivity index (χ4v) is 4.94. The molecule has 1 heterocycles. The number of aromatic amines is 1. The Kier molecular flexibility index (Phi) is 5.64. The Morgan fingerprint density at radius 1 is 0.853 bits per heavy atom. The topological polar surface area (TPSA) is 68.1 Å². The molecule has 0 aliphatic heterocycles. The number of rotatable bonds is 7.